The van der Waals surface area contributed by atoms with Gasteiger partial charge in [-0.2, -0.15) is 0 Å². The summed E-state index contributed by atoms with van der Waals surface area (Å²) in [5, 5.41) is 3.23. The van der Waals surface area contributed by atoms with Crippen LogP contribution < -0.4 is 10.1 Å². The van der Waals surface area contributed by atoms with Crippen LogP contribution in [0.4, 0.5) is 0 Å². The first kappa shape index (κ1) is 13.9. The molecule has 1 aromatic heterocycles. The lowest BCUT2D eigenvalue weighted by Crippen LogP contribution is -2.15. The summed E-state index contributed by atoms with van der Waals surface area (Å²) >= 11 is 0. The highest BCUT2D eigenvalue weighted by molar-refractivity contribution is 5.20. The van der Waals surface area contributed by atoms with Crippen molar-refractivity contribution < 1.29 is 9.47 Å². The maximum absolute atomic E-state index is 5.71. The molecule has 0 radical (unpaired) electrons. The van der Waals surface area contributed by atoms with Crippen molar-refractivity contribution in [3.05, 3.63) is 24.0 Å². The summed E-state index contributed by atoms with van der Waals surface area (Å²) < 4.78 is 10.7. The molecule has 0 aliphatic heterocycles. The van der Waals surface area contributed by atoms with E-state index in [-0.39, 0.29) is 6.10 Å². The van der Waals surface area contributed by atoms with Gasteiger partial charge in [-0.25, -0.2) is 0 Å². The number of aromatic nitrogens is 1. The Morgan fingerprint density at radius 1 is 1.41 bits per heavy atom. The molecule has 1 atom stereocenters. The number of hydrogen-bond donors (Lipinski definition) is 1. The van der Waals surface area contributed by atoms with Crippen molar-refractivity contribution in [3.63, 3.8) is 0 Å². The van der Waals surface area contributed by atoms with Gasteiger partial charge in [-0.3, -0.25) is 4.98 Å². The highest BCUT2D eigenvalue weighted by atomic mass is 16.5. The van der Waals surface area contributed by atoms with Gasteiger partial charge in [0.15, 0.2) is 0 Å². The maximum Gasteiger partial charge on any atom is 0.138 e. The average molecular weight is 238 g/mol. The number of methoxy groups -OCH3 is 1. The number of hydrogen-bond acceptors (Lipinski definition) is 4. The third-order valence-corrected chi connectivity index (χ3v) is 2.42. The van der Waals surface area contributed by atoms with Gasteiger partial charge >= 0.3 is 0 Å². The van der Waals surface area contributed by atoms with Crippen molar-refractivity contribution in [2.75, 3.05) is 20.3 Å². The third-order valence-electron chi connectivity index (χ3n) is 2.42. The molecule has 4 heteroatoms. The molecular formula is C13H22N2O2. The SMILES string of the molecule is CCNCc1ccc(OC(C)CCOC)cn1. The molecule has 0 amide bonds. The Labute approximate surface area is 103 Å². The van der Waals surface area contributed by atoms with Crippen LogP contribution in [0.3, 0.4) is 0 Å². The first-order valence-corrected chi connectivity index (χ1v) is 6.07. The lowest BCUT2D eigenvalue weighted by molar-refractivity contribution is 0.135. The fourth-order valence-corrected chi connectivity index (χ4v) is 1.41. The zero-order chi connectivity index (χ0) is 12.5. The fourth-order valence-electron chi connectivity index (χ4n) is 1.41. The molecule has 0 aliphatic rings. The quantitative estimate of drug-likeness (QED) is 0.752. The van der Waals surface area contributed by atoms with E-state index in [2.05, 4.69) is 17.2 Å². The van der Waals surface area contributed by atoms with Gasteiger partial charge in [0.05, 0.1) is 18.0 Å². The summed E-state index contributed by atoms with van der Waals surface area (Å²) in [4.78, 5) is 4.33. The van der Waals surface area contributed by atoms with Gasteiger partial charge in [-0.1, -0.05) is 6.92 Å². The molecule has 1 N–H and O–H groups in total. The molecule has 0 spiro atoms. The molecule has 0 aromatic carbocycles. The van der Waals surface area contributed by atoms with E-state index in [1.54, 1.807) is 13.3 Å². The van der Waals surface area contributed by atoms with E-state index in [0.29, 0.717) is 6.61 Å². The molecule has 1 unspecified atom stereocenters. The van der Waals surface area contributed by atoms with Crippen molar-refractivity contribution in [3.8, 4) is 5.75 Å². The van der Waals surface area contributed by atoms with Gasteiger partial charge in [-0.15, -0.1) is 0 Å². The molecule has 0 saturated heterocycles. The topological polar surface area (TPSA) is 43.4 Å². The van der Waals surface area contributed by atoms with Crippen LogP contribution >= 0.6 is 0 Å². The summed E-state index contributed by atoms with van der Waals surface area (Å²) in [6, 6.07) is 3.95. The minimum atomic E-state index is 0.149. The third kappa shape index (κ3) is 5.65. The van der Waals surface area contributed by atoms with E-state index in [1.807, 2.05) is 19.1 Å². The number of nitrogens with one attached hydrogen (secondary N) is 1. The number of rotatable bonds is 8. The van der Waals surface area contributed by atoms with E-state index in [9.17, 15) is 0 Å². The first-order valence-electron chi connectivity index (χ1n) is 6.07. The van der Waals surface area contributed by atoms with Gasteiger partial charge in [0, 0.05) is 26.7 Å². The second kappa shape index (κ2) is 8.03. The molecule has 4 nitrogen and oxygen atoms in total. The van der Waals surface area contributed by atoms with Crippen LogP contribution in [-0.4, -0.2) is 31.3 Å². The van der Waals surface area contributed by atoms with Crippen molar-refractivity contribution in [1.82, 2.24) is 10.3 Å². The standard InChI is InChI=1S/C13H22N2O2/c1-4-14-9-12-5-6-13(10-15-12)17-11(2)7-8-16-3/h5-6,10-11,14H,4,7-9H2,1-3H3. The summed E-state index contributed by atoms with van der Waals surface area (Å²) in [6.07, 6.45) is 2.81. The van der Waals surface area contributed by atoms with Gasteiger partial charge in [-0.05, 0) is 25.6 Å². The Morgan fingerprint density at radius 3 is 2.82 bits per heavy atom. The predicted molar refractivity (Wildman–Crippen MR) is 68.2 cm³/mol. The van der Waals surface area contributed by atoms with Crippen LogP contribution in [-0.2, 0) is 11.3 Å². The Bertz CT molecular complexity index is 301. The van der Waals surface area contributed by atoms with Crippen LogP contribution in [0, 0.1) is 0 Å². The number of nitrogens with zero attached hydrogens (tertiary/aromatic N) is 1. The van der Waals surface area contributed by atoms with E-state index in [1.165, 1.54) is 0 Å². The van der Waals surface area contributed by atoms with Crippen molar-refractivity contribution in [1.29, 1.82) is 0 Å². The van der Waals surface area contributed by atoms with Gasteiger partial charge < -0.3 is 14.8 Å². The van der Waals surface area contributed by atoms with E-state index in [0.717, 1.165) is 31.0 Å². The van der Waals surface area contributed by atoms with Crippen LogP contribution in [0.5, 0.6) is 5.75 Å². The van der Waals surface area contributed by atoms with Crippen LogP contribution in [0.25, 0.3) is 0 Å². The Balaban J connectivity index is 2.39. The van der Waals surface area contributed by atoms with Crippen molar-refractivity contribution >= 4 is 0 Å². The lowest BCUT2D eigenvalue weighted by Gasteiger charge is -2.14. The summed E-state index contributed by atoms with van der Waals surface area (Å²) in [5.41, 5.74) is 1.03. The van der Waals surface area contributed by atoms with Gasteiger partial charge in [0.2, 0.25) is 0 Å². The molecule has 0 aliphatic carbocycles. The zero-order valence-corrected chi connectivity index (χ0v) is 10.9. The fraction of sp³-hybridized carbons (Fsp3) is 0.615. The molecule has 1 aromatic rings. The van der Waals surface area contributed by atoms with Crippen LogP contribution in [0.1, 0.15) is 26.0 Å². The summed E-state index contributed by atoms with van der Waals surface area (Å²) in [5.74, 6) is 0.814. The number of pyridine rings is 1. The van der Waals surface area contributed by atoms with E-state index < -0.39 is 0 Å². The van der Waals surface area contributed by atoms with Crippen LogP contribution in [0.15, 0.2) is 18.3 Å². The van der Waals surface area contributed by atoms with Crippen LogP contribution in [0.2, 0.25) is 0 Å². The molecule has 0 bridgehead atoms. The molecule has 1 heterocycles. The molecule has 96 valence electrons. The first-order chi connectivity index (χ1) is 8.26. The molecule has 1 rings (SSSR count). The summed E-state index contributed by atoms with van der Waals surface area (Å²) in [6.45, 7) is 6.58. The average Bonchev–Trinajstić information content (AvgIpc) is 2.35. The smallest absolute Gasteiger partial charge is 0.138 e. The Morgan fingerprint density at radius 2 is 2.24 bits per heavy atom. The molecular weight excluding hydrogens is 216 g/mol. The summed E-state index contributed by atoms with van der Waals surface area (Å²) in [7, 11) is 1.70. The zero-order valence-electron chi connectivity index (χ0n) is 10.9. The Hall–Kier alpha value is -1.13. The monoisotopic (exact) mass is 238 g/mol. The second-order valence-corrected chi connectivity index (χ2v) is 3.98. The highest BCUT2D eigenvalue weighted by Gasteiger charge is 2.04. The van der Waals surface area contributed by atoms with Crippen molar-refractivity contribution in [2.45, 2.75) is 32.9 Å². The lowest BCUT2D eigenvalue weighted by atomic mass is 10.3. The Kier molecular flexibility index (Phi) is 6.58. The minimum absolute atomic E-state index is 0.149. The largest absolute Gasteiger partial charge is 0.489 e. The molecule has 17 heavy (non-hydrogen) atoms. The highest BCUT2D eigenvalue weighted by Crippen LogP contribution is 2.12. The van der Waals surface area contributed by atoms with Gasteiger partial charge in [0.25, 0.3) is 0 Å². The second-order valence-electron chi connectivity index (χ2n) is 3.98. The molecule has 0 fully saturated rings. The van der Waals surface area contributed by atoms with Crippen molar-refractivity contribution in [2.24, 2.45) is 0 Å². The maximum atomic E-state index is 5.71. The normalized spacial score (nSPS) is 12.4. The minimum Gasteiger partial charge on any atom is -0.489 e. The predicted octanol–water partition coefficient (Wildman–Crippen LogP) is 1.99. The number of ether oxygens (including phenoxy) is 2. The van der Waals surface area contributed by atoms with Gasteiger partial charge in [0.1, 0.15) is 5.75 Å². The van der Waals surface area contributed by atoms with E-state index >= 15 is 0 Å². The van der Waals surface area contributed by atoms with E-state index in [4.69, 9.17) is 9.47 Å². The molecule has 0 saturated carbocycles.